The van der Waals surface area contributed by atoms with Crippen LogP contribution in [0.3, 0.4) is 0 Å². The Morgan fingerprint density at radius 3 is 2.77 bits per heavy atom. The summed E-state index contributed by atoms with van der Waals surface area (Å²) in [5.74, 6) is 0.815. The number of aliphatic hydroxyl groups is 1. The van der Waals surface area contributed by atoms with Gasteiger partial charge in [-0.2, -0.15) is 0 Å². The average Bonchev–Trinajstić information content (AvgIpc) is 2.56. The summed E-state index contributed by atoms with van der Waals surface area (Å²) < 4.78 is 5.24. The lowest BCUT2D eigenvalue weighted by molar-refractivity contribution is 0.0915. The van der Waals surface area contributed by atoms with Crippen LogP contribution in [0.4, 0.5) is 0 Å². The minimum absolute atomic E-state index is 0.421. The highest BCUT2D eigenvalue weighted by atomic mass is 16.5. The Labute approximate surface area is 132 Å². The SMILES string of the molecule is COc1ccc2c(c1)C(O)CN(CCCc1ccccc1)C2. The van der Waals surface area contributed by atoms with Crippen LogP contribution in [0.5, 0.6) is 5.75 Å². The number of β-amino-alcohol motifs (C(OH)–C–C–N with tert-alkyl or cyclic N) is 1. The highest BCUT2D eigenvalue weighted by Gasteiger charge is 2.23. The first-order valence-corrected chi connectivity index (χ1v) is 7.87. The van der Waals surface area contributed by atoms with Crippen LogP contribution in [0.15, 0.2) is 48.5 Å². The number of nitrogens with zero attached hydrogens (tertiary/aromatic N) is 1. The van der Waals surface area contributed by atoms with Crippen molar-refractivity contribution in [3.63, 3.8) is 0 Å². The maximum Gasteiger partial charge on any atom is 0.119 e. The van der Waals surface area contributed by atoms with Gasteiger partial charge in [-0.15, -0.1) is 0 Å². The Kier molecular flexibility index (Phi) is 4.76. The highest BCUT2D eigenvalue weighted by Crippen LogP contribution is 2.29. The lowest BCUT2D eigenvalue weighted by Crippen LogP contribution is -2.34. The molecule has 0 aromatic heterocycles. The van der Waals surface area contributed by atoms with Gasteiger partial charge in [0.2, 0.25) is 0 Å². The lowest BCUT2D eigenvalue weighted by atomic mass is 9.96. The van der Waals surface area contributed by atoms with E-state index in [4.69, 9.17) is 4.74 Å². The molecule has 3 nitrogen and oxygen atoms in total. The van der Waals surface area contributed by atoms with Crippen molar-refractivity contribution in [2.24, 2.45) is 0 Å². The fourth-order valence-corrected chi connectivity index (χ4v) is 3.12. The summed E-state index contributed by atoms with van der Waals surface area (Å²) in [6.07, 6.45) is 1.78. The Balaban J connectivity index is 1.58. The van der Waals surface area contributed by atoms with E-state index in [2.05, 4.69) is 41.3 Å². The molecular weight excluding hydrogens is 274 g/mol. The van der Waals surface area contributed by atoms with E-state index in [-0.39, 0.29) is 0 Å². The topological polar surface area (TPSA) is 32.7 Å². The Morgan fingerprint density at radius 1 is 1.18 bits per heavy atom. The number of aryl methyl sites for hydroxylation is 1. The molecule has 1 aliphatic rings. The molecule has 1 heterocycles. The molecule has 0 saturated carbocycles. The molecule has 0 radical (unpaired) electrons. The molecule has 1 atom stereocenters. The van der Waals surface area contributed by atoms with Crippen LogP contribution in [-0.4, -0.2) is 30.2 Å². The molecule has 2 aromatic rings. The molecule has 0 bridgehead atoms. The maximum absolute atomic E-state index is 10.4. The minimum Gasteiger partial charge on any atom is -0.497 e. The number of methoxy groups -OCH3 is 1. The van der Waals surface area contributed by atoms with E-state index in [1.165, 1.54) is 11.1 Å². The fraction of sp³-hybridized carbons (Fsp3) is 0.368. The van der Waals surface area contributed by atoms with Crippen LogP contribution >= 0.6 is 0 Å². The summed E-state index contributed by atoms with van der Waals surface area (Å²) in [4.78, 5) is 2.34. The van der Waals surface area contributed by atoms with Crippen LogP contribution < -0.4 is 4.74 Å². The van der Waals surface area contributed by atoms with Crippen molar-refractivity contribution in [1.29, 1.82) is 0 Å². The minimum atomic E-state index is -0.421. The van der Waals surface area contributed by atoms with Gasteiger partial charge in [-0.25, -0.2) is 0 Å². The van der Waals surface area contributed by atoms with Gasteiger partial charge in [-0.1, -0.05) is 36.4 Å². The number of benzene rings is 2. The highest BCUT2D eigenvalue weighted by molar-refractivity contribution is 5.38. The molecule has 0 aliphatic carbocycles. The summed E-state index contributed by atoms with van der Waals surface area (Å²) in [6, 6.07) is 16.6. The Hall–Kier alpha value is -1.84. The van der Waals surface area contributed by atoms with E-state index in [0.29, 0.717) is 6.54 Å². The molecule has 3 heteroatoms. The Morgan fingerprint density at radius 2 is 2.00 bits per heavy atom. The second-order valence-corrected chi connectivity index (χ2v) is 5.90. The normalized spacial score (nSPS) is 18.0. The number of aliphatic hydroxyl groups excluding tert-OH is 1. The summed E-state index contributed by atoms with van der Waals surface area (Å²) in [7, 11) is 1.66. The van der Waals surface area contributed by atoms with E-state index >= 15 is 0 Å². The monoisotopic (exact) mass is 297 g/mol. The number of rotatable bonds is 5. The molecule has 0 amide bonds. The largest absolute Gasteiger partial charge is 0.497 e. The summed E-state index contributed by atoms with van der Waals surface area (Å²) >= 11 is 0. The zero-order chi connectivity index (χ0) is 15.4. The van der Waals surface area contributed by atoms with Crippen molar-refractivity contribution in [2.45, 2.75) is 25.5 Å². The standard InChI is InChI=1S/C19H23NO2/c1-22-17-10-9-16-13-20(14-19(21)18(16)12-17)11-5-8-15-6-3-2-4-7-15/h2-4,6-7,9-10,12,19,21H,5,8,11,13-14H2,1H3. The number of hydrogen-bond acceptors (Lipinski definition) is 3. The summed E-state index contributed by atoms with van der Waals surface area (Å²) in [6.45, 7) is 2.62. The van der Waals surface area contributed by atoms with Crippen molar-refractivity contribution >= 4 is 0 Å². The molecule has 2 aromatic carbocycles. The van der Waals surface area contributed by atoms with Crippen LogP contribution in [0.1, 0.15) is 29.2 Å². The second kappa shape index (κ2) is 6.95. The zero-order valence-corrected chi connectivity index (χ0v) is 13.0. The Bertz CT molecular complexity index is 612. The van der Waals surface area contributed by atoms with Crippen molar-refractivity contribution < 1.29 is 9.84 Å². The van der Waals surface area contributed by atoms with Gasteiger partial charge in [-0.05, 0) is 48.2 Å². The van der Waals surface area contributed by atoms with Gasteiger partial charge < -0.3 is 9.84 Å². The number of hydrogen-bond donors (Lipinski definition) is 1. The fourth-order valence-electron chi connectivity index (χ4n) is 3.12. The van der Waals surface area contributed by atoms with Gasteiger partial charge >= 0.3 is 0 Å². The first kappa shape index (κ1) is 15.1. The van der Waals surface area contributed by atoms with E-state index in [1.54, 1.807) is 7.11 Å². The smallest absolute Gasteiger partial charge is 0.119 e. The number of fused-ring (bicyclic) bond motifs is 1. The first-order chi connectivity index (χ1) is 10.8. The molecule has 1 aliphatic heterocycles. The molecule has 0 fully saturated rings. The predicted octanol–water partition coefficient (Wildman–Crippen LogP) is 3.18. The number of ether oxygens (including phenoxy) is 1. The summed E-state index contributed by atoms with van der Waals surface area (Å²) in [5, 5.41) is 10.4. The van der Waals surface area contributed by atoms with Crippen molar-refractivity contribution in [3.8, 4) is 5.75 Å². The molecule has 116 valence electrons. The molecule has 1 N–H and O–H groups in total. The third-order valence-electron chi connectivity index (χ3n) is 4.32. The molecule has 3 rings (SSSR count). The molecule has 1 unspecified atom stereocenters. The summed E-state index contributed by atoms with van der Waals surface area (Å²) in [5.41, 5.74) is 3.60. The van der Waals surface area contributed by atoms with Gasteiger partial charge in [0.1, 0.15) is 5.75 Å². The van der Waals surface area contributed by atoms with Crippen molar-refractivity contribution in [1.82, 2.24) is 4.90 Å². The quantitative estimate of drug-likeness (QED) is 0.920. The molecule has 0 spiro atoms. The third kappa shape index (κ3) is 3.49. The van der Waals surface area contributed by atoms with Crippen LogP contribution in [0.2, 0.25) is 0 Å². The van der Waals surface area contributed by atoms with Gasteiger partial charge in [-0.3, -0.25) is 4.90 Å². The lowest BCUT2D eigenvalue weighted by Gasteiger charge is -2.32. The van der Waals surface area contributed by atoms with Crippen LogP contribution in [0, 0.1) is 0 Å². The van der Waals surface area contributed by atoms with E-state index in [1.807, 2.05) is 12.1 Å². The molecular formula is C19H23NO2. The molecule has 0 saturated heterocycles. The van der Waals surface area contributed by atoms with Gasteiger partial charge in [0.15, 0.2) is 0 Å². The maximum atomic E-state index is 10.4. The van der Waals surface area contributed by atoms with E-state index in [0.717, 1.165) is 37.2 Å². The van der Waals surface area contributed by atoms with Crippen LogP contribution in [-0.2, 0) is 13.0 Å². The first-order valence-electron chi connectivity index (χ1n) is 7.87. The van der Waals surface area contributed by atoms with Crippen molar-refractivity contribution in [2.75, 3.05) is 20.2 Å². The van der Waals surface area contributed by atoms with Gasteiger partial charge in [0.05, 0.1) is 13.2 Å². The van der Waals surface area contributed by atoms with E-state index < -0.39 is 6.10 Å². The van der Waals surface area contributed by atoms with Gasteiger partial charge in [0, 0.05) is 13.1 Å². The zero-order valence-electron chi connectivity index (χ0n) is 13.0. The predicted molar refractivity (Wildman–Crippen MR) is 88.0 cm³/mol. The van der Waals surface area contributed by atoms with Crippen molar-refractivity contribution in [3.05, 3.63) is 65.2 Å². The third-order valence-corrected chi connectivity index (χ3v) is 4.32. The molecule has 22 heavy (non-hydrogen) atoms. The average molecular weight is 297 g/mol. The van der Waals surface area contributed by atoms with E-state index in [9.17, 15) is 5.11 Å². The van der Waals surface area contributed by atoms with Gasteiger partial charge in [0.25, 0.3) is 0 Å². The van der Waals surface area contributed by atoms with Crippen LogP contribution in [0.25, 0.3) is 0 Å². The second-order valence-electron chi connectivity index (χ2n) is 5.90.